The Hall–Kier alpha value is -2.60. The van der Waals surface area contributed by atoms with Crippen molar-refractivity contribution in [3.63, 3.8) is 0 Å². The Morgan fingerprint density at radius 1 is 1.03 bits per heavy atom. The molecule has 2 heterocycles. The molecule has 1 aromatic carbocycles. The summed E-state index contributed by atoms with van der Waals surface area (Å²) in [5.41, 5.74) is 0.888. The summed E-state index contributed by atoms with van der Waals surface area (Å²) in [4.78, 5) is 42.7. The highest BCUT2D eigenvalue weighted by Crippen LogP contribution is 2.42. The Morgan fingerprint density at radius 2 is 1.70 bits per heavy atom. The summed E-state index contributed by atoms with van der Waals surface area (Å²) in [6.45, 7) is 1.14. The van der Waals surface area contributed by atoms with Gasteiger partial charge < -0.3 is 14.6 Å². The minimum atomic E-state index is -0.722. The largest absolute Gasteiger partial charge is 0.457 e. The second kappa shape index (κ2) is 8.64. The topological polar surface area (TPSA) is 79.5 Å². The van der Waals surface area contributed by atoms with Crippen LogP contribution in [0.3, 0.4) is 0 Å². The molecule has 4 rings (SSSR count). The van der Waals surface area contributed by atoms with Crippen molar-refractivity contribution in [2.45, 2.75) is 43.9 Å². The molecular weight excluding hydrogens is 404 g/mol. The van der Waals surface area contributed by atoms with E-state index < -0.39 is 5.41 Å². The van der Waals surface area contributed by atoms with Crippen molar-refractivity contribution in [2.75, 3.05) is 19.7 Å². The number of nitrogens with one attached hydrogen (secondary N) is 1. The monoisotopic (exact) mass is 428 g/mol. The van der Waals surface area contributed by atoms with Crippen LogP contribution in [0.1, 0.15) is 64.9 Å². The first-order valence-electron chi connectivity index (χ1n) is 10.4. The fourth-order valence-corrected chi connectivity index (χ4v) is 4.61. The second-order valence-corrected chi connectivity index (χ2v) is 8.53. The molecule has 0 unspecified atom stereocenters. The van der Waals surface area contributed by atoms with Gasteiger partial charge in [-0.3, -0.25) is 14.4 Å². The number of ether oxygens (including phenoxy) is 1. The fourth-order valence-electron chi connectivity index (χ4n) is 4.48. The van der Waals surface area contributed by atoms with Crippen LogP contribution in [0.5, 0.6) is 0 Å². The minimum Gasteiger partial charge on any atom is -0.457 e. The Bertz CT molecular complexity index is 938. The molecule has 1 saturated carbocycles. The molecule has 1 N–H and O–H groups in total. The summed E-state index contributed by atoms with van der Waals surface area (Å²) in [6, 6.07) is 8.81. The average molecular weight is 429 g/mol. The number of Topliss-reactive ketones (excluding diaryl/α,β-unsaturated/α-hetero) is 1. The second-order valence-electron chi connectivity index (χ2n) is 8.10. The van der Waals surface area contributed by atoms with Crippen LogP contribution in [0.2, 0.25) is 5.02 Å². The van der Waals surface area contributed by atoms with Gasteiger partial charge in [0.15, 0.2) is 6.61 Å². The van der Waals surface area contributed by atoms with Gasteiger partial charge in [0.2, 0.25) is 5.78 Å². The number of likely N-dealkylation sites (tertiary alicyclic amines) is 1. The molecule has 2 aliphatic rings. The zero-order chi connectivity index (χ0) is 21.1. The van der Waals surface area contributed by atoms with Crippen molar-refractivity contribution in [1.82, 2.24) is 9.88 Å². The predicted octanol–water partition coefficient (Wildman–Crippen LogP) is 4.14. The first kappa shape index (κ1) is 20.7. The Morgan fingerprint density at radius 3 is 2.37 bits per heavy atom. The van der Waals surface area contributed by atoms with E-state index in [1.807, 2.05) is 12.1 Å². The molecule has 1 saturated heterocycles. The lowest BCUT2D eigenvalue weighted by molar-refractivity contribution is -0.149. The van der Waals surface area contributed by atoms with E-state index in [1.165, 1.54) is 6.20 Å². The summed E-state index contributed by atoms with van der Waals surface area (Å²) in [6.07, 6.45) is 6.77. The maximum Gasteiger partial charge on any atom is 0.317 e. The van der Waals surface area contributed by atoms with Crippen molar-refractivity contribution in [2.24, 2.45) is 0 Å². The highest BCUT2D eigenvalue weighted by Gasteiger charge is 2.44. The molecule has 158 valence electrons. The Kier molecular flexibility index (Phi) is 5.95. The first-order chi connectivity index (χ1) is 14.5. The van der Waals surface area contributed by atoms with Crippen molar-refractivity contribution in [1.29, 1.82) is 0 Å². The van der Waals surface area contributed by atoms with Crippen LogP contribution in [-0.2, 0) is 14.9 Å². The quantitative estimate of drug-likeness (QED) is 0.554. The van der Waals surface area contributed by atoms with Crippen molar-refractivity contribution in [3.8, 4) is 0 Å². The SMILES string of the molecule is O=C(COC(=O)C1(c2ccc(Cl)cc2)CCCC1)c1c[nH]c(C(=O)N2CCCC2)c1. The summed E-state index contributed by atoms with van der Waals surface area (Å²) < 4.78 is 5.47. The number of hydrogen-bond acceptors (Lipinski definition) is 4. The zero-order valence-corrected chi connectivity index (χ0v) is 17.5. The van der Waals surface area contributed by atoms with Crippen LogP contribution in [-0.4, -0.2) is 47.2 Å². The Balaban J connectivity index is 1.41. The van der Waals surface area contributed by atoms with E-state index in [9.17, 15) is 14.4 Å². The third kappa shape index (κ3) is 4.01. The van der Waals surface area contributed by atoms with Gasteiger partial charge in [-0.25, -0.2) is 0 Å². The van der Waals surface area contributed by atoms with E-state index in [1.54, 1.807) is 23.1 Å². The molecule has 1 aliphatic carbocycles. The van der Waals surface area contributed by atoms with Crippen molar-refractivity contribution < 1.29 is 19.1 Å². The van der Waals surface area contributed by atoms with Crippen LogP contribution < -0.4 is 0 Å². The number of H-pyrrole nitrogens is 1. The third-order valence-electron chi connectivity index (χ3n) is 6.21. The van der Waals surface area contributed by atoms with Crippen molar-refractivity contribution in [3.05, 3.63) is 58.4 Å². The molecule has 1 aromatic heterocycles. The lowest BCUT2D eigenvalue weighted by atomic mass is 9.79. The van der Waals surface area contributed by atoms with E-state index in [2.05, 4.69) is 4.98 Å². The maximum atomic E-state index is 13.0. The van der Waals surface area contributed by atoms with Gasteiger partial charge in [0.05, 0.1) is 5.41 Å². The maximum absolute atomic E-state index is 13.0. The lowest BCUT2D eigenvalue weighted by Gasteiger charge is -2.27. The Labute approximate surface area is 180 Å². The molecule has 0 bridgehead atoms. The highest BCUT2D eigenvalue weighted by atomic mass is 35.5. The molecule has 0 spiro atoms. The van der Waals surface area contributed by atoms with Gasteiger partial charge >= 0.3 is 5.97 Å². The molecule has 30 heavy (non-hydrogen) atoms. The normalized spacial score (nSPS) is 17.8. The van der Waals surface area contributed by atoms with Gasteiger partial charge in [-0.1, -0.05) is 36.6 Å². The lowest BCUT2D eigenvalue weighted by Crippen LogP contribution is -2.35. The average Bonchev–Trinajstić information content (AvgIpc) is 3.53. The number of nitrogens with zero attached hydrogens (tertiary/aromatic N) is 1. The van der Waals surface area contributed by atoms with E-state index in [-0.39, 0.29) is 24.3 Å². The summed E-state index contributed by atoms with van der Waals surface area (Å²) in [7, 11) is 0. The van der Waals surface area contributed by atoms with E-state index >= 15 is 0 Å². The number of esters is 1. The molecule has 2 fully saturated rings. The van der Waals surface area contributed by atoms with E-state index in [4.69, 9.17) is 16.3 Å². The highest BCUT2D eigenvalue weighted by molar-refractivity contribution is 6.30. The van der Waals surface area contributed by atoms with Gasteiger partial charge in [-0.2, -0.15) is 0 Å². The molecule has 1 aliphatic heterocycles. The molecule has 1 amide bonds. The first-order valence-corrected chi connectivity index (χ1v) is 10.8. The van der Waals surface area contributed by atoms with Crippen LogP contribution in [0.4, 0.5) is 0 Å². The van der Waals surface area contributed by atoms with E-state index in [0.717, 1.165) is 44.3 Å². The third-order valence-corrected chi connectivity index (χ3v) is 6.46. The summed E-state index contributed by atoms with van der Waals surface area (Å²) in [5.74, 6) is -0.805. The van der Waals surface area contributed by atoms with Crippen LogP contribution >= 0.6 is 11.6 Å². The number of aromatic nitrogens is 1. The standard InChI is InChI=1S/C23H25ClN2O4/c24-18-7-5-17(6-8-18)23(9-1-2-10-23)22(29)30-15-20(27)16-13-19(25-14-16)21(28)26-11-3-4-12-26/h5-8,13-14,25H,1-4,9-12,15H2. The van der Waals surface area contributed by atoms with Gasteiger partial charge in [-0.15, -0.1) is 0 Å². The summed E-state index contributed by atoms with van der Waals surface area (Å²) >= 11 is 5.99. The minimum absolute atomic E-state index is 0.101. The number of hydrogen-bond donors (Lipinski definition) is 1. The number of aromatic amines is 1. The van der Waals surface area contributed by atoms with Gasteiger partial charge in [0.25, 0.3) is 5.91 Å². The molecule has 0 atom stereocenters. The molecule has 7 heteroatoms. The predicted molar refractivity (Wildman–Crippen MR) is 113 cm³/mol. The molecule has 2 aromatic rings. The molecule has 6 nitrogen and oxygen atoms in total. The van der Waals surface area contributed by atoms with Crippen LogP contribution in [0.25, 0.3) is 0 Å². The van der Waals surface area contributed by atoms with E-state index in [0.29, 0.717) is 29.1 Å². The van der Waals surface area contributed by atoms with Gasteiger partial charge in [-0.05, 0) is 49.4 Å². The van der Waals surface area contributed by atoms with Gasteiger partial charge in [0.1, 0.15) is 5.69 Å². The molecular formula is C23H25ClN2O4. The number of rotatable bonds is 6. The fraction of sp³-hybridized carbons (Fsp3) is 0.435. The number of halogens is 1. The van der Waals surface area contributed by atoms with Crippen LogP contribution in [0, 0.1) is 0 Å². The number of ketones is 1. The van der Waals surface area contributed by atoms with Crippen molar-refractivity contribution >= 4 is 29.3 Å². The van der Waals surface area contributed by atoms with Gasteiger partial charge in [0, 0.05) is 29.9 Å². The number of carbonyl (C=O) groups is 3. The zero-order valence-electron chi connectivity index (χ0n) is 16.8. The number of carbonyl (C=O) groups excluding carboxylic acids is 3. The number of amides is 1. The summed E-state index contributed by atoms with van der Waals surface area (Å²) in [5, 5.41) is 0.613. The smallest absolute Gasteiger partial charge is 0.317 e. The number of benzene rings is 1. The van der Waals surface area contributed by atoms with Crippen LogP contribution in [0.15, 0.2) is 36.5 Å². The molecule has 0 radical (unpaired) electrons.